The summed E-state index contributed by atoms with van der Waals surface area (Å²) in [5.74, 6) is -2.00. The fourth-order valence-corrected chi connectivity index (χ4v) is 6.00. The van der Waals surface area contributed by atoms with E-state index in [1.54, 1.807) is 26.0 Å². The summed E-state index contributed by atoms with van der Waals surface area (Å²) in [4.78, 5) is 39.0. The lowest BCUT2D eigenvalue weighted by atomic mass is 10.0. The molecule has 0 aliphatic carbocycles. The molecule has 1 unspecified atom stereocenters. The Hall–Kier alpha value is -3.76. The quantitative estimate of drug-likeness (QED) is 0.314. The van der Waals surface area contributed by atoms with Gasteiger partial charge in [0, 0.05) is 24.4 Å². The molecule has 0 saturated carbocycles. The summed E-state index contributed by atoms with van der Waals surface area (Å²) in [6.07, 6.45) is -0.203. The van der Waals surface area contributed by atoms with Gasteiger partial charge in [0.25, 0.3) is 16.0 Å². The third-order valence-electron chi connectivity index (χ3n) is 6.56. The van der Waals surface area contributed by atoms with Gasteiger partial charge in [-0.2, -0.15) is 8.42 Å². The summed E-state index contributed by atoms with van der Waals surface area (Å²) in [7, 11) is -4.26. The van der Waals surface area contributed by atoms with Gasteiger partial charge in [0.1, 0.15) is 6.04 Å². The van der Waals surface area contributed by atoms with Crippen LogP contribution in [0.1, 0.15) is 42.6 Å². The first-order valence-electron chi connectivity index (χ1n) is 13.0. The second-order valence-electron chi connectivity index (χ2n) is 9.93. The molecule has 1 heterocycles. The van der Waals surface area contributed by atoms with Gasteiger partial charge in [-0.05, 0) is 55.2 Å². The summed E-state index contributed by atoms with van der Waals surface area (Å²) >= 11 is 0. The molecule has 1 aliphatic heterocycles. The molecule has 3 atom stereocenters. The lowest BCUT2D eigenvalue weighted by molar-refractivity contribution is -0.125. The second kappa shape index (κ2) is 12.4. The molecule has 3 amide bonds. The number of rotatable bonds is 11. The van der Waals surface area contributed by atoms with Gasteiger partial charge in [0.05, 0.1) is 6.10 Å². The number of carbonyl (C=O) groups is 3. The lowest BCUT2D eigenvalue weighted by Gasteiger charge is -2.25. The van der Waals surface area contributed by atoms with Crippen molar-refractivity contribution < 1.29 is 27.0 Å². The Morgan fingerprint density at radius 2 is 1.67 bits per heavy atom. The smallest absolute Gasteiger partial charge is 0.288 e. The predicted octanol–water partition coefficient (Wildman–Crippen LogP) is 2.90. The molecule has 3 aromatic rings. The molecule has 4 rings (SSSR count). The van der Waals surface area contributed by atoms with E-state index in [0.29, 0.717) is 18.5 Å². The minimum atomic E-state index is -4.26. The lowest BCUT2D eigenvalue weighted by Crippen LogP contribution is -2.53. The second-order valence-corrected chi connectivity index (χ2v) is 11.7. The molecule has 0 spiro atoms. The molecule has 206 valence electrons. The number of hydrogen-bond acceptors (Lipinski definition) is 6. The van der Waals surface area contributed by atoms with Gasteiger partial charge in [-0.3, -0.25) is 18.6 Å². The Morgan fingerprint density at radius 3 is 2.33 bits per heavy atom. The van der Waals surface area contributed by atoms with Crippen molar-refractivity contribution in [1.82, 2.24) is 16.0 Å². The predicted molar refractivity (Wildman–Crippen MR) is 148 cm³/mol. The Balaban J connectivity index is 1.59. The highest BCUT2D eigenvalue weighted by molar-refractivity contribution is 7.87. The number of benzene rings is 3. The van der Waals surface area contributed by atoms with Crippen LogP contribution in [0.25, 0.3) is 10.8 Å². The molecule has 10 heteroatoms. The molecule has 39 heavy (non-hydrogen) atoms. The SMILES string of the molecule is CC(C)OS(=O)(=O)[C@H](C[C@@H]1CCNC1=O)NC(=O)C(Cc1ccccc1)NC(=O)c1ccc2ccccc2c1. The first-order chi connectivity index (χ1) is 18.6. The molecule has 1 fully saturated rings. The van der Waals surface area contributed by atoms with E-state index < -0.39 is 45.4 Å². The van der Waals surface area contributed by atoms with E-state index in [9.17, 15) is 22.8 Å². The molecule has 0 aromatic heterocycles. The number of nitrogens with one attached hydrogen (secondary N) is 3. The van der Waals surface area contributed by atoms with Crippen LogP contribution in [0.4, 0.5) is 0 Å². The maximum Gasteiger partial charge on any atom is 0.288 e. The van der Waals surface area contributed by atoms with E-state index in [-0.39, 0.29) is 18.7 Å². The van der Waals surface area contributed by atoms with Crippen LogP contribution >= 0.6 is 0 Å². The minimum Gasteiger partial charge on any atom is -0.356 e. The van der Waals surface area contributed by atoms with Gasteiger partial charge in [-0.25, -0.2) is 0 Å². The number of carbonyl (C=O) groups excluding carboxylic acids is 3. The molecule has 1 saturated heterocycles. The normalized spacial score (nSPS) is 17.0. The van der Waals surface area contributed by atoms with E-state index in [1.165, 1.54) is 0 Å². The van der Waals surface area contributed by atoms with Gasteiger partial charge >= 0.3 is 0 Å². The molecular weight excluding hydrogens is 518 g/mol. The number of fused-ring (bicyclic) bond motifs is 1. The van der Waals surface area contributed by atoms with Crippen molar-refractivity contribution in [2.24, 2.45) is 5.92 Å². The molecule has 0 bridgehead atoms. The zero-order chi connectivity index (χ0) is 28.0. The highest BCUT2D eigenvalue weighted by Gasteiger charge is 2.37. The monoisotopic (exact) mass is 551 g/mol. The van der Waals surface area contributed by atoms with Crippen molar-refractivity contribution in [2.45, 2.75) is 50.6 Å². The summed E-state index contributed by atoms with van der Waals surface area (Å²) in [6.45, 7) is 3.58. The van der Waals surface area contributed by atoms with E-state index in [4.69, 9.17) is 4.18 Å². The standard InChI is InChI=1S/C29H33N3O6S/c1-19(2)38-39(36,37)26(18-24-14-15-30-27(24)33)32-29(35)25(16-20-8-4-3-5-9-20)31-28(34)23-13-12-21-10-6-7-11-22(21)17-23/h3-13,17,19,24-26H,14-16,18H2,1-2H3,(H,30,33)(H,31,34)(H,32,35)/t24-,25?,26+/m0/s1. The Morgan fingerprint density at radius 1 is 0.974 bits per heavy atom. The fraction of sp³-hybridized carbons (Fsp3) is 0.345. The molecular formula is C29H33N3O6S. The van der Waals surface area contributed by atoms with Crippen molar-refractivity contribution in [3.8, 4) is 0 Å². The molecule has 0 radical (unpaired) electrons. The van der Waals surface area contributed by atoms with Crippen molar-refractivity contribution >= 4 is 38.6 Å². The highest BCUT2D eigenvalue weighted by atomic mass is 32.2. The summed E-state index contributed by atoms with van der Waals surface area (Å²) in [5.41, 5.74) is 1.15. The Labute approximate surface area is 228 Å². The third kappa shape index (κ3) is 7.42. The fourth-order valence-electron chi connectivity index (χ4n) is 4.60. The first kappa shape index (κ1) is 28.3. The first-order valence-corrected chi connectivity index (χ1v) is 14.4. The van der Waals surface area contributed by atoms with Crippen molar-refractivity contribution in [3.05, 3.63) is 83.9 Å². The van der Waals surface area contributed by atoms with Gasteiger partial charge in [-0.15, -0.1) is 0 Å². The number of hydrogen-bond donors (Lipinski definition) is 3. The average molecular weight is 552 g/mol. The van der Waals surface area contributed by atoms with Crippen molar-refractivity contribution in [3.63, 3.8) is 0 Å². The molecule has 1 aliphatic rings. The Kier molecular flexibility index (Phi) is 8.98. The van der Waals surface area contributed by atoms with Gasteiger partial charge in [0.2, 0.25) is 11.8 Å². The summed E-state index contributed by atoms with van der Waals surface area (Å²) in [5, 5.41) is 8.43. The Bertz CT molecular complexity index is 1440. The minimum absolute atomic E-state index is 0.133. The summed E-state index contributed by atoms with van der Waals surface area (Å²) < 4.78 is 31.3. The van der Waals surface area contributed by atoms with Crippen LogP contribution in [0.15, 0.2) is 72.8 Å². The highest BCUT2D eigenvalue weighted by Crippen LogP contribution is 2.21. The maximum atomic E-state index is 13.6. The largest absolute Gasteiger partial charge is 0.356 e. The van der Waals surface area contributed by atoms with Crippen LogP contribution in [-0.2, 0) is 30.3 Å². The van der Waals surface area contributed by atoms with E-state index in [0.717, 1.165) is 16.3 Å². The zero-order valence-electron chi connectivity index (χ0n) is 21.9. The van der Waals surface area contributed by atoms with Crippen LogP contribution in [0.2, 0.25) is 0 Å². The molecule has 9 nitrogen and oxygen atoms in total. The van der Waals surface area contributed by atoms with Crippen LogP contribution < -0.4 is 16.0 Å². The van der Waals surface area contributed by atoms with Crippen LogP contribution in [0.5, 0.6) is 0 Å². The van der Waals surface area contributed by atoms with Crippen molar-refractivity contribution in [1.29, 1.82) is 0 Å². The van der Waals surface area contributed by atoms with E-state index in [1.807, 2.05) is 60.7 Å². The third-order valence-corrected chi connectivity index (χ3v) is 8.22. The van der Waals surface area contributed by atoms with E-state index >= 15 is 0 Å². The van der Waals surface area contributed by atoms with Crippen LogP contribution in [0, 0.1) is 5.92 Å². The average Bonchev–Trinajstić information content (AvgIpc) is 3.31. The van der Waals surface area contributed by atoms with Crippen LogP contribution in [-0.4, -0.2) is 50.2 Å². The molecule has 3 aromatic carbocycles. The van der Waals surface area contributed by atoms with Gasteiger partial charge in [0.15, 0.2) is 5.37 Å². The maximum absolute atomic E-state index is 13.6. The zero-order valence-corrected chi connectivity index (χ0v) is 22.7. The van der Waals surface area contributed by atoms with E-state index in [2.05, 4.69) is 16.0 Å². The summed E-state index contributed by atoms with van der Waals surface area (Å²) in [6, 6.07) is 20.9. The van der Waals surface area contributed by atoms with Gasteiger partial charge < -0.3 is 16.0 Å². The number of amides is 3. The van der Waals surface area contributed by atoms with Crippen LogP contribution in [0.3, 0.4) is 0 Å². The molecule has 3 N–H and O–H groups in total. The topological polar surface area (TPSA) is 131 Å². The van der Waals surface area contributed by atoms with Gasteiger partial charge in [-0.1, -0.05) is 60.7 Å². The van der Waals surface area contributed by atoms with Crippen molar-refractivity contribution in [2.75, 3.05) is 6.54 Å².